The van der Waals surface area contributed by atoms with E-state index in [1.54, 1.807) is 24.3 Å². The first kappa shape index (κ1) is 28.9. The number of halogens is 2. The molecule has 4 atom stereocenters. The zero-order valence-electron chi connectivity index (χ0n) is 23.0. The number of amides is 3. The Morgan fingerprint density at radius 1 is 0.814 bits per heavy atom. The van der Waals surface area contributed by atoms with Crippen LogP contribution in [0.25, 0.3) is 0 Å². The molecule has 0 aromatic heterocycles. The van der Waals surface area contributed by atoms with Gasteiger partial charge in [0, 0.05) is 11.1 Å². The van der Waals surface area contributed by atoms with Crippen molar-refractivity contribution in [1.82, 2.24) is 10.0 Å². The lowest BCUT2D eigenvalue weighted by atomic mass is 9.81. The average Bonchev–Trinajstić information content (AvgIpc) is 3.71. The van der Waals surface area contributed by atoms with Crippen LogP contribution < -0.4 is 9.47 Å². The highest BCUT2D eigenvalue weighted by Crippen LogP contribution is 2.56. The number of carbonyl (C=O) groups excluding carboxylic acids is 5. The number of ketones is 1. The fourth-order valence-corrected chi connectivity index (χ4v) is 6.79. The molecule has 11 heteroatoms. The average molecular weight is 621 g/mol. The number of imide groups is 1. The molecule has 3 aromatic carbocycles. The van der Waals surface area contributed by atoms with Crippen molar-refractivity contribution in [2.45, 2.75) is 19.3 Å². The quantitative estimate of drug-likeness (QED) is 0.142. The molecule has 1 aliphatic heterocycles. The number of nitrogens with zero attached hydrogens (tertiary/aromatic N) is 2. The Morgan fingerprint density at radius 3 is 2.09 bits per heavy atom. The Balaban J connectivity index is 1.24. The SMILES string of the molecule is COc1cccc(C(=O)Oc2ccc(C(=O)CN(C(=O)c3ccc(Cl)c(Cl)c3)N3C(=O)[C@@H]4[C@H]5CC[C@@H](C5)[C@@H]4C3=O)cc2)c1. The van der Waals surface area contributed by atoms with Crippen molar-refractivity contribution in [1.29, 1.82) is 0 Å². The number of rotatable bonds is 8. The van der Waals surface area contributed by atoms with Crippen LogP contribution in [0.15, 0.2) is 66.7 Å². The number of methoxy groups -OCH3 is 1. The first-order valence-electron chi connectivity index (χ1n) is 13.8. The predicted molar refractivity (Wildman–Crippen MR) is 156 cm³/mol. The Hall–Kier alpha value is -4.21. The highest BCUT2D eigenvalue weighted by Gasteiger charge is 2.62. The van der Waals surface area contributed by atoms with Gasteiger partial charge in [0.25, 0.3) is 17.7 Å². The first-order chi connectivity index (χ1) is 20.7. The topological polar surface area (TPSA) is 110 Å². The van der Waals surface area contributed by atoms with Gasteiger partial charge >= 0.3 is 5.97 Å². The molecule has 2 bridgehead atoms. The molecule has 1 heterocycles. The van der Waals surface area contributed by atoms with Crippen LogP contribution in [0.2, 0.25) is 10.0 Å². The standard InChI is InChI=1S/C32H26Cl2N2O7/c1-42-23-4-2-3-21(14-23)32(41)43-22-10-7-17(8-11-22)26(37)16-35(29(38)20-9-12-24(33)25(34)15-20)36-30(39)27-18-5-6-19(13-18)28(27)31(36)40/h2-4,7-12,14-15,18-19,27-28H,5-6,13,16H2,1H3/t18-,19-,27-,28+/m0/s1. The number of hydrazine groups is 1. The molecule has 9 nitrogen and oxygen atoms in total. The second-order valence-electron chi connectivity index (χ2n) is 10.9. The summed E-state index contributed by atoms with van der Waals surface area (Å²) in [6.45, 7) is -0.575. The third kappa shape index (κ3) is 5.28. The summed E-state index contributed by atoms with van der Waals surface area (Å²) < 4.78 is 10.6. The molecule has 0 spiro atoms. The van der Waals surface area contributed by atoms with Crippen LogP contribution in [0.1, 0.15) is 50.3 Å². The highest BCUT2D eigenvalue weighted by molar-refractivity contribution is 6.42. The van der Waals surface area contributed by atoms with E-state index in [9.17, 15) is 24.0 Å². The summed E-state index contributed by atoms with van der Waals surface area (Å²) in [5, 5.41) is 2.13. The maximum atomic E-state index is 13.8. The van der Waals surface area contributed by atoms with E-state index in [-0.39, 0.29) is 44.3 Å². The molecule has 220 valence electrons. The van der Waals surface area contributed by atoms with Crippen molar-refractivity contribution >= 4 is 52.7 Å². The second kappa shape index (κ2) is 11.5. The number of hydrogen-bond acceptors (Lipinski definition) is 7. The van der Waals surface area contributed by atoms with Gasteiger partial charge in [-0.1, -0.05) is 29.3 Å². The molecule has 0 radical (unpaired) electrons. The smallest absolute Gasteiger partial charge is 0.343 e. The molecule has 2 saturated carbocycles. The van der Waals surface area contributed by atoms with E-state index in [4.69, 9.17) is 32.7 Å². The first-order valence-corrected chi connectivity index (χ1v) is 14.6. The minimum absolute atomic E-state index is 0.0719. The summed E-state index contributed by atoms with van der Waals surface area (Å²) in [6.07, 6.45) is 2.56. The van der Waals surface area contributed by atoms with E-state index in [1.807, 2.05) is 0 Å². The summed E-state index contributed by atoms with van der Waals surface area (Å²) in [7, 11) is 1.49. The normalized spacial score (nSPS) is 22.0. The predicted octanol–water partition coefficient (Wildman–Crippen LogP) is 5.49. The van der Waals surface area contributed by atoms with Gasteiger partial charge in [0.05, 0.1) is 34.6 Å². The van der Waals surface area contributed by atoms with Gasteiger partial charge in [-0.2, -0.15) is 5.01 Å². The highest BCUT2D eigenvalue weighted by atomic mass is 35.5. The Bertz CT molecular complexity index is 1630. The molecular weight excluding hydrogens is 595 g/mol. The largest absolute Gasteiger partial charge is 0.497 e. The maximum absolute atomic E-state index is 13.8. The zero-order valence-corrected chi connectivity index (χ0v) is 24.5. The van der Waals surface area contributed by atoms with Crippen molar-refractivity contribution in [2.24, 2.45) is 23.7 Å². The van der Waals surface area contributed by atoms with Crippen LogP contribution in [-0.4, -0.2) is 53.1 Å². The lowest BCUT2D eigenvalue weighted by Gasteiger charge is -2.31. The fraction of sp³-hybridized carbons (Fsp3) is 0.281. The molecule has 3 aromatic rings. The number of ether oxygens (including phenoxy) is 2. The van der Waals surface area contributed by atoms with E-state index in [0.717, 1.165) is 29.3 Å². The van der Waals surface area contributed by atoms with Crippen LogP contribution in [0.4, 0.5) is 0 Å². The number of carbonyl (C=O) groups is 5. The molecular formula is C32H26Cl2N2O7. The third-order valence-electron chi connectivity index (χ3n) is 8.53. The molecule has 0 N–H and O–H groups in total. The minimum atomic E-state index is -0.732. The Morgan fingerprint density at radius 2 is 1.47 bits per heavy atom. The summed E-state index contributed by atoms with van der Waals surface area (Å²) in [5.74, 6) is -2.85. The fourth-order valence-electron chi connectivity index (χ4n) is 6.49. The lowest BCUT2D eigenvalue weighted by molar-refractivity contribution is -0.155. The molecule has 43 heavy (non-hydrogen) atoms. The number of benzene rings is 3. The summed E-state index contributed by atoms with van der Waals surface area (Å²) in [6, 6.07) is 16.5. The van der Waals surface area contributed by atoms with Crippen LogP contribution in [0.5, 0.6) is 11.5 Å². The summed E-state index contributed by atoms with van der Waals surface area (Å²) in [4.78, 5) is 67.0. The Kier molecular flexibility index (Phi) is 7.70. The van der Waals surface area contributed by atoms with Crippen molar-refractivity contribution < 1.29 is 33.4 Å². The van der Waals surface area contributed by atoms with Crippen molar-refractivity contribution in [3.05, 3.63) is 93.5 Å². The van der Waals surface area contributed by atoms with E-state index in [0.29, 0.717) is 5.75 Å². The monoisotopic (exact) mass is 620 g/mol. The third-order valence-corrected chi connectivity index (χ3v) is 9.27. The van der Waals surface area contributed by atoms with Crippen LogP contribution in [0, 0.1) is 23.7 Å². The molecule has 3 aliphatic rings. The molecule has 1 saturated heterocycles. The molecule has 6 rings (SSSR count). The molecule has 2 aliphatic carbocycles. The number of fused-ring (bicyclic) bond motifs is 5. The minimum Gasteiger partial charge on any atom is -0.497 e. The number of esters is 1. The van der Waals surface area contributed by atoms with Gasteiger partial charge < -0.3 is 9.47 Å². The van der Waals surface area contributed by atoms with Gasteiger partial charge in [0.15, 0.2) is 5.78 Å². The number of hydrogen-bond donors (Lipinski definition) is 0. The van der Waals surface area contributed by atoms with Gasteiger partial charge in [-0.05, 0) is 91.8 Å². The van der Waals surface area contributed by atoms with Crippen molar-refractivity contribution in [3.8, 4) is 11.5 Å². The molecule has 3 amide bonds. The van der Waals surface area contributed by atoms with E-state index >= 15 is 0 Å². The summed E-state index contributed by atoms with van der Waals surface area (Å²) in [5.41, 5.74) is 0.546. The maximum Gasteiger partial charge on any atom is 0.343 e. The molecule has 3 fully saturated rings. The summed E-state index contributed by atoms with van der Waals surface area (Å²) >= 11 is 12.2. The van der Waals surface area contributed by atoms with Gasteiger partial charge in [-0.3, -0.25) is 19.2 Å². The lowest BCUT2D eigenvalue weighted by Crippen LogP contribution is -2.52. The van der Waals surface area contributed by atoms with Crippen molar-refractivity contribution in [2.75, 3.05) is 13.7 Å². The number of Topliss-reactive ketones (excluding diaryl/α,β-unsaturated/α-hetero) is 1. The Labute approximate surface area is 257 Å². The molecule has 0 unspecified atom stereocenters. The van der Waals surface area contributed by atoms with Crippen LogP contribution in [-0.2, 0) is 9.59 Å². The zero-order chi connectivity index (χ0) is 30.4. The van der Waals surface area contributed by atoms with Gasteiger partial charge in [-0.25, -0.2) is 9.80 Å². The van der Waals surface area contributed by atoms with E-state index < -0.39 is 47.9 Å². The van der Waals surface area contributed by atoms with Crippen LogP contribution >= 0.6 is 23.2 Å². The second-order valence-corrected chi connectivity index (χ2v) is 11.7. The van der Waals surface area contributed by atoms with Crippen molar-refractivity contribution in [3.63, 3.8) is 0 Å². The van der Waals surface area contributed by atoms with E-state index in [1.165, 1.54) is 49.6 Å². The van der Waals surface area contributed by atoms with Gasteiger partial charge in [0.1, 0.15) is 18.0 Å². The van der Waals surface area contributed by atoms with E-state index in [2.05, 4.69) is 0 Å². The van der Waals surface area contributed by atoms with Gasteiger partial charge in [0.2, 0.25) is 0 Å². The van der Waals surface area contributed by atoms with Gasteiger partial charge in [-0.15, -0.1) is 0 Å². The van der Waals surface area contributed by atoms with Crippen LogP contribution in [0.3, 0.4) is 0 Å².